The Morgan fingerprint density at radius 2 is 1.78 bits per heavy atom. The third kappa shape index (κ3) is 1.92. The summed E-state index contributed by atoms with van der Waals surface area (Å²) >= 11 is 17.9. The van der Waals surface area contributed by atoms with Crippen molar-refractivity contribution < 1.29 is 0 Å². The van der Waals surface area contributed by atoms with E-state index in [4.69, 9.17) is 34.8 Å². The molecule has 0 fully saturated rings. The van der Waals surface area contributed by atoms with Crippen molar-refractivity contribution in [3.05, 3.63) is 45.5 Å². The predicted octanol–water partition coefficient (Wildman–Crippen LogP) is 3.75. The highest BCUT2D eigenvalue weighted by molar-refractivity contribution is 6.36. The molecule has 0 saturated carbocycles. The van der Waals surface area contributed by atoms with Crippen LogP contribution < -0.4 is 0 Å². The van der Waals surface area contributed by atoms with E-state index in [9.17, 15) is 0 Å². The molecule has 3 aromatic rings. The smallest absolute Gasteiger partial charge is 0.186 e. The van der Waals surface area contributed by atoms with Crippen LogP contribution in [0.1, 0.15) is 0 Å². The van der Waals surface area contributed by atoms with Gasteiger partial charge in [-0.15, -0.1) is 10.2 Å². The molecule has 0 aliphatic heterocycles. The molecule has 0 unspecified atom stereocenters. The number of halogens is 3. The first-order chi connectivity index (χ1) is 8.65. The average molecular weight is 300 g/mol. The van der Waals surface area contributed by atoms with E-state index in [1.807, 2.05) is 0 Å². The Bertz CT molecular complexity index is 738. The van der Waals surface area contributed by atoms with Crippen LogP contribution in [0.4, 0.5) is 0 Å². The third-order valence-electron chi connectivity index (χ3n) is 2.40. The summed E-state index contributed by atoms with van der Waals surface area (Å²) in [5.41, 5.74) is 1.30. The number of hydrogen-bond acceptors (Lipinski definition) is 3. The van der Waals surface area contributed by atoms with Gasteiger partial charge in [0.05, 0.1) is 5.02 Å². The van der Waals surface area contributed by atoms with Crippen LogP contribution in [0.25, 0.3) is 17.0 Å². The summed E-state index contributed by atoms with van der Waals surface area (Å²) in [7, 11) is 0. The number of aromatic nitrogens is 4. The standard InChI is InChI=1S/C11H5Cl3N4/c12-6-1-2-7(8(13)5-6)11-16-15-10-4-3-9(14)17-18(10)11/h1-5H. The third-order valence-corrected chi connectivity index (χ3v) is 3.15. The van der Waals surface area contributed by atoms with Crippen LogP contribution in [0.2, 0.25) is 15.2 Å². The second-order valence-electron chi connectivity index (χ2n) is 3.57. The van der Waals surface area contributed by atoms with Gasteiger partial charge in [0.25, 0.3) is 0 Å². The molecule has 0 atom stereocenters. The van der Waals surface area contributed by atoms with E-state index in [1.54, 1.807) is 30.3 Å². The van der Waals surface area contributed by atoms with Crippen LogP contribution in [0.15, 0.2) is 30.3 Å². The van der Waals surface area contributed by atoms with E-state index >= 15 is 0 Å². The maximum absolute atomic E-state index is 6.13. The van der Waals surface area contributed by atoms with Gasteiger partial charge < -0.3 is 0 Å². The molecule has 0 N–H and O–H groups in total. The average Bonchev–Trinajstić information content (AvgIpc) is 2.72. The van der Waals surface area contributed by atoms with Gasteiger partial charge in [-0.05, 0) is 30.3 Å². The van der Waals surface area contributed by atoms with E-state index in [-0.39, 0.29) is 0 Å². The van der Waals surface area contributed by atoms with Gasteiger partial charge in [-0.3, -0.25) is 0 Å². The van der Waals surface area contributed by atoms with Gasteiger partial charge in [0.15, 0.2) is 11.5 Å². The Morgan fingerprint density at radius 3 is 2.56 bits per heavy atom. The normalized spacial score (nSPS) is 11.1. The van der Waals surface area contributed by atoms with Crippen molar-refractivity contribution in [3.8, 4) is 11.4 Å². The summed E-state index contributed by atoms with van der Waals surface area (Å²) < 4.78 is 1.54. The van der Waals surface area contributed by atoms with E-state index in [2.05, 4.69) is 15.3 Å². The topological polar surface area (TPSA) is 43.1 Å². The monoisotopic (exact) mass is 298 g/mol. The van der Waals surface area contributed by atoms with Crippen LogP contribution in [-0.2, 0) is 0 Å². The quantitative estimate of drug-likeness (QED) is 0.687. The minimum absolute atomic E-state index is 0.355. The summed E-state index contributed by atoms with van der Waals surface area (Å²) in [5.74, 6) is 0.522. The lowest BCUT2D eigenvalue weighted by molar-refractivity contribution is 0.936. The summed E-state index contributed by atoms with van der Waals surface area (Å²) in [6.07, 6.45) is 0. The van der Waals surface area contributed by atoms with E-state index in [0.717, 1.165) is 0 Å². The van der Waals surface area contributed by atoms with Gasteiger partial charge in [0, 0.05) is 10.6 Å². The van der Waals surface area contributed by atoms with E-state index in [0.29, 0.717) is 32.2 Å². The molecular formula is C11H5Cl3N4. The maximum Gasteiger partial charge on any atom is 0.186 e. The molecule has 0 bridgehead atoms. The Labute approximate surface area is 117 Å². The molecule has 18 heavy (non-hydrogen) atoms. The largest absolute Gasteiger partial charge is 0.191 e. The minimum Gasteiger partial charge on any atom is -0.191 e. The summed E-state index contributed by atoms with van der Waals surface area (Å²) in [6, 6.07) is 8.52. The van der Waals surface area contributed by atoms with Crippen LogP contribution in [-0.4, -0.2) is 19.8 Å². The Kier molecular flexibility index (Phi) is 2.86. The molecule has 0 spiro atoms. The van der Waals surface area contributed by atoms with Gasteiger partial charge in [0.2, 0.25) is 0 Å². The van der Waals surface area contributed by atoms with E-state index in [1.165, 1.54) is 4.52 Å². The van der Waals surface area contributed by atoms with Gasteiger partial charge in [-0.2, -0.15) is 9.61 Å². The fraction of sp³-hybridized carbons (Fsp3) is 0. The summed E-state index contributed by atoms with van der Waals surface area (Å²) in [4.78, 5) is 0. The van der Waals surface area contributed by atoms with Crippen molar-refractivity contribution in [2.24, 2.45) is 0 Å². The van der Waals surface area contributed by atoms with Crippen molar-refractivity contribution >= 4 is 40.4 Å². The van der Waals surface area contributed by atoms with Crippen molar-refractivity contribution in [3.63, 3.8) is 0 Å². The lowest BCUT2D eigenvalue weighted by Crippen LogP contribution is -1.95. The number of benzene rings is 1. The lowest BCUT2D eigenvalue weighted by atomic mass is 10.2. The fourth-order valence-corrected chi connectivity index (χ4v) is 2.24. The lowest BCUT2D eigenvalue weighted by Gasteiger charge is -2.02. The molecule has 0 aliphatic rings. The Balaban J connectivity index is 2.28. The first-order valence-corrected chi connectivity index (χ1v) is 6.12. The molecule has 0 amide bonds. The highest BCUT2D eigenvalue weighted by Crippen LogP contribution is 2.29. The molecular weight excluding hydrogens is 295 g/mol. The van der Waals surface area contributed by atoms with Crippen molar-refractivity contribution in [1.29, 1.82) is 0 Å². The van der Waals surface area contributed by atoms with Gasteiger partial charge >= 0.3 is 0 Å². The van der Waals surface area contributed by atoms with Crippen LogP contribution in [0.5, 0.6) is 0 Å². The molecule has 7 heteroatoms. The number of rotatable bonds is 1. The number of hydrogen-bond donors (Lipinski definition) is 0. The van der Waals surface area contributed by atoms with Gasteiger partial charge in [-0.25, -0.2) is 0 Å². The van der Waals surface area contributed by atoms with Gasteiger partial charge in [0.1, 0.15) is 5.15 Å². The molecule has 0 radical (unpaired) electrons. The second-order valence-corrected chi connectivity index (χ2v) is 4.80. The molecule has 4 nitrogen and oxygen atoms in total. The van der Waals surface area contributed by atoms with Crippen LogP contribution >= 0.6 is 34.8 Å². The maximum atomic E-state index is 6.13. The molecule has 0 aliphatic carbocycles. The zero-order chi connectivity index (χ0) is 12.7. The van der Waals surface area contributed by atoms with Crippen molar-refractivity contribution in [1.82, 2.24) is 19.8 Å². The van der Waals surface area contributed by atoms with Crippen molar-refractivity contribution in [2.75, 3.05) is 0 Å². The van der Waals surface area contributed by atoms with Gasteiger partial charge in [-0.1, -0.05) is 34.8 Å². The molecule has 2 aromatic heterocycles. The first kappa shape index (κ1) is 11.7. The Morgan fingerprint density at radius 1 is 0.944 bits per heavy atom. The minimum atomic E-state index is 0.355. The fourth-order valence-electron chi connectivity index (χ4n) is 1.61. The number of nitrogens with zero attached hydrogens (tertiary/aromatic N) is 4. The SMILES string of the molecule is Clc1ccc(-c2nnc3ccc(Cl)nn23)c(Cl)c1. The highest BCUT2D eigenvalue weighted by atomic mass is 35.5. The summed E-state index contributed by atoms with van der Waals surface area (Å²) in [5, 5.41) is 13.6. The molecule has 0 saturated heterocycles. The number of fused-ring (bicyclic) bond motifs is 1. The first-order valence-electron chi connectivity index (χ1n) is 4.98. The molecule has 1 aromatic carbocycles. The summed E-state index contributed by atoms with van der Waals surface area (Å²) in [6.45, 7) is 0. The second kappa shape index (κ2) is 4.39. The molecule has 3 rings (SSSR count). The predicted molar refractivity (Wildman–Crippen MR) is 71.2 cm³/mol. The highest BCUT2D eigenvalue weighted by Gasteiger charge is 2.13. The van der Waals surface area contributed by atoms with Crippen molar-refractivity contribution in [2.45, 2.75) is 0 Å². The van der Waals surface area contributed by atoms with Crippen LogP contribution in [0, 0.1) is 0 Å². The van der Waals surface area contributed by atoms with Crippen LogP contribution in [0.3, 0.4) is 0 Å². The zero-order valence-electron chi connectivity index (χ0n) is 8.81. The van der Waals surface area contributed by atoms with E-state index < -0.39 is 0 Å². The molecule has 90 valence electrons. The molecule has 2 heterocycles. The Hall–Kier alpha value is -1.36. The zero-order valence-corrected chi connectivity index (χ0v) is 11.1.